The number of hydrogen-bond donors (Lipinski definition) is 0. The molecule has 2 aromatic heterocycles. The Morgan fingerprint density at radius 3 is 2.66 bits per heavy atom. The summed E-state index contributed by atoms with van der Waals surface area (Å²) >= 11 is 0. The lowest BCUT2D eigenvalue weighted by atomic mass is 9.95. The molecule has 2 heterocycles. The van der Waals surface area contributed by atoms with Crippen LogP contribution in [-0.2, 0) is 22.6 Å². The second kappa shape index (κ2) is 9.07. The molecule has 2 unspecified atom stereocenters. The van der Waals surface area contributed by atoms with Crippen LogP contribution in [0.3, 0.4) is 0 Å². The molecule has 0 radical (unpaired) electrons. The summed E-state index contributed by atoms with van der Waals surface area (Å²) in [5, 5.41) is 0. The lowest BCUT2D eigenvalue weighted by Gasteiger charge is -2.14. The molecule has 0 saturated carbocycles. The zero-order valence-corrected chi connectivity index (χ0v) is 18.8. The minimum absolute atomic E-state index is 0.0345. The van der Waals surface area contributed by atoms with Gasteiger partial charge >= 0.3 is 5.97 Å². The van der Waals surface area contributed by atoms with Crippen molar-refractivity contribution in [2.45, 2.75) is 46.6 Å². The smallest absolute Gasteiger partial charge is 0.313 e. The van der Waals surface area contributed by atoms with Crippen molar-refractivity contribution >= 4 is 5.97 Å². The molecular formula is C26H27FN2O3. The number of benzene rings is 1. The van der Waals surface area contributed by atoms with E-state index in [4.69, 9.17) is 9.47 Å². The molecule has 0 bridgehead atoms. The molecule has 1 aliphatic rings. The zero-order valence-electron chi connectivity index (χ0n) is 18.8. The van der Waals surface area contributed by atoms with Gasteiger partial charge < -0.3 is 9.47 Å². The third-order valence-electron chi connectivity index (χ3n) is 6.00. The Morgan fingerprint density at radius 1 is 1.19 bits per heavy atom. The predicted octanol–water partition coefficient (Wildman–Crippen LogP) is 5.32. The van der Waals surface area contributed by atoms with Gasteiger partial charge in [-0.2, -0.15) is 0 Å². The van der Waals surface area contributed by atoms with E-state index < -0.39 is 5.82 Å². The maximum absolute atomic E-state index is 14.5. The fraction of sp³-hybridized carbons (Fsp3) is 0.346. The Balaban J connectivity index is 1.54. The van der Waals surface area contributed by atoms with E-state index in [1.807, 2.05) is 45.0 Å². The van der Waals surface area contributed by atoms with Crippen LogP contribution in [-0.4, -0.2) is 22.5 Å². The molecule has 0 spiro atoms. The van der Waals surface area contributed by atoms with Crippen molar-refractivity contribution in [1.29, 1.82) is 0 Å². The number of aryl methyl sites for hydroxylation is 2. The molecule has 0 aliphatic heterocycles. The lowest BCUT2D eigenvalue weighted by molar-refractivity contribution is -0.145. The lowest BCUT2D eigenvalue weighted by Crippen LogP contribution is -2.19. The molecule has 0 saturated heterocycles. The third kappa shape index (κ3) is 4.22. The third-order valence-corrected chi connectivity index (χ3v) is 6.00. The molecule has 2 atom stereocenters. The molecule has 166 valence electrons. The van der Waals surface area contributed by atoms with Crippen LogP contribution < -0.4 is 4.74 Å². The summed E-state index contributed by atoms with van der Waals surface area (Å²) in [5.74, 6) is -0.422. The summed E-state index contributed by atoms with van der Waals surface area (Å²) in [4.78, 5) is 21.2. The minimum Gasteiger partial charge on any atom is -0.471 e. The summed E-state index contributed by atoms with van der Waals surface area (Å²) in [6.07, 6.45) is 2.42. The molecule has 1 aliphatic carbocycles. The fourth-order valence-corrected chi connectivity index (χ4v) is 4.47. The van der Waals surface area contributed by atoms with Gasteiger partial charge in [-0.3, -0.25) is 4.79 Å². The number of carbonyl (C=O) groups is 1. The van der Waals surface area contributed by atoms with Crippen molar-refractivity contribution in [3.05, 3.63) is 76.4 Å². The second-order valence-corrected chi connectivity index (χ2v) is 8.31. The molecular weight excluding hydrogens is 407 g/mol. The van der Waals surface area contributed by atoms with Crippen LogP contribution in [0.25, 0.3) is 11.3 Å². The van der Waals surface area contributed by atoms with E-state index in [0.717, 1.165) is 34.2 Å². The van der Waals surface area contributed by atoms with Crippen molar-refractivity contribution < 1.29 is 18.7 Å². The number of rotatable bonds is 6. The monoisotopic (exact) mass is 434 g/mol. The summed E-state index contributed by atoms with van der Waals surface area (Å²) in [6, 6.07) is 11.0. The highest BCUT2D eigenvalue weighted by Crippen LogP contribution is 2.39. The van der Waals surface area contributed by atoms with Crippen molar-refractivity contribution in [1.82, 2.24) is 9.97 Å². The summed E-state index contributed by atoms with van der Waals surface area (Å²) in [6.45, 7) is 8.18. The van der Waals surface area contributed by atoms with E-state index in [0.29, 0.717) is 18.2 Å². The normalized spacial score (nSPS) is 17.2. The number of aromatic nitrogens is 2. The Kier molecular flexibility index (Phi) is 6.21. The maximum atomic E-state index is 14.5. The summed E-state index contributed by atoms with van der Waals surface area (Å²) < 4.78 is 25.5. The van der Waals surface area contributed by atoms with Crippen molar-refractivity contribution in [2.75, 3.05) is 6.61 Å². The van der Waals surface area contributed by atoms with Gasteiger partial charge in [0.1, 0.15) is 18.1 Å². The average molecular weight is 435 g/mol. The van der Waals surface area contributed by atoms with Crippen LogP contribution in [0, 0.1) is 25.6 Å². The van der Waals surface area contributed by atoms with Gasteiger partial charge in [-0.05, 0) is 67.5 Å². The van der Waals surface area contributed by atoms with Gasteiger partial charge in [0.05, 0.1) is 18.2 Å². The highest BCUT2D eigenvalue weighted by Gasteiger charge is 2.36. The second-order valence-electron chi connectivity index (χ2n) is 8.31. The van der Waals surface area contributed by atoms with Gasteiger partial charge in [-0.25, -0.2) is 14.4 Å². The van der Waals surface area contributed by atoms with E-state index in [1.165, 1.54) is 6.07 Å². The van der Waals surface area contributed by atoms with Crippen LogP contribution in [0.1, 0.15) is 47.7 Å². The van der Waals surface area contributed by atoms with Crippen molar-refractivity contribution in [2.24, 2.45) is 5.92 Å². The first-order valence-corrected chi connectivity index (χ1v) is 10.9. The summed E-state index contributed by atoms with van der Waals surface area (Å²) in [7, 11) is 0. The summed E-state index contributed by atoms with van der Waals surface area (Å²) in [5.41, 5.74) is 6.01. The zero-order chi connectivity index (χ0) is 22.8. The molecule has 32 heavy (non-hydrogen) atoms. The first-order valence-electron chi connectivity index (χ1n) is 10.9. The van der Waals surface area contributed by atoms with E-state index in [1.54, 1.807) is 19.2 Å². The van der Waals surface area contributed by atoms with Crippen LogP contribution in [0.15, 0.2) is 42.6 Å². The number of esters is 1. The molecule has 6 heteroatoms. The number of ether oxygens (including phenoxy) is 2. The molecule has 3 aromatic rings. The molecule has 1 aromatic carbocycles. The Morgan fingerprint density at radius 2 is 1.94 bits per heavy atom. The Labute approximate surface area is 187 Å². The van der Waals surface area contributed by atoms with E-state index in [2.05, 4.69) is 9.97 Å². The molecule has 0 fully saturated rings. The van der Waals surface area contributed by atoms with Gasteiger partial charge in [-0.1, -0.05) is 25.1 Å². The molecule has 5 nitrogen and oxygen atoms in total. The number of fused-ring (bicyclic) bond motifs is 1. The van der Waals surface area contributed by atoms with Crippen molar-refractivity contribution in [3.63, 3.8) is 0 Å². The van der Waals surface area contributed by atoms with E-state index in [-0.39, 0.29) is 30.1 Å². The van der Waals surface area contributed by atoms with Crippen LogP contribution in [0.2, 0.25) is 0 Å². The van der Waals surface area contributed by atoms with Crippen molar-refractivity contribution in [3.8, 4) is 17.1 Å². The fourth-order valence-electron chi connectivity index (χ4n) is 4.47. The number of halogens is 1. The van der Waals surface area contributed by atoms with Gasteiger partial charge in [0.15, 0.2) is 0 Å². The van der Waals surface area contributed by atoms with E-state index in [9.17, 15) is 9.18 Å². The Hall–Kier alpha value is -3.28. The molecule has 4 rings (SSSR count). The first kappa shape index (κ1) is 21.9. The number of nitrogens with zero attached hydrogens (tertiary/aromatic N) is 2. The van der Waals surface area contributed by atoms with Gasteiger partial charge in [0.2, 0.25) is 5.88 Å². The van der Waals surface area contributed by atoms with Crippen LogP contribution in [0.4, 0.5) is 4.39 Å². The quantitative estimate of drug-likeness (QED) is 0.492. The van der Waals surface area contributed by atoms with Crippen LogP contribution >= 0.6 is 0 Å². The largest absolute Gasteiger partial charge is 0.471 e. The SMILES string of the molecule is CCOC(=O)C1c2cnc(OCc3nc(-c4c(C)cccc4C)ccc3F)cc2CC1C. The van der Waals surface area contributed by atoms with Gasteiger partial charge in [0, 0.05) is 17.8 Å². The Bertz CT molecular complexity index is 1140. The maximum Gasteiger partial charge on any atom is 0.313 e. The van der Waals surface area contributed by atoms with Gasteiger partial charge in [-0.15, -0.1) is 0 Å². The molecule has 0 amide bonds. The van der Waals surface area contributed by atoms with Gasteiger partial charge in [0.25, 0.3) is 0 Å². The minimum atomic E-state index is -0.419. The average Bonchev–Trinajstić information content (AvgIpc) is 3.09. The van der Waals surface area contributed by atoms with E-state index >= 15 is 0 Å². The highest BCUT2D eigenvalue weighted by molar-refractivity contribution is 5.80. The number of hydrogen-bond acceptors (Lipinski definition) is 5. The van der Waals surface area contributed by atoms with Crippen LogP contribution in [0.5, 0.6) is 5.88 Å². The number of carbonyl (C=O) groups excluding carboxylic acids is 1. The molecule has 0 N–H and O–H groups in total. The highest BCUT2D eigenvalue weighted by atomic mass is 19.1. The topological polar surface area (TPSA) is 61.3 Å². The number of pyridine rings is 2. The standard InChI is InChI=1S/C26H27FN2O3/c1-5-31-26(30)25-17(4)11-18-12-23(28-13-19(18)25)32-14-22-20(27)9-10-21(29-22)24-15(2)7-6-8-16(24)3/h6-10,12-13,17,25H,5,11,14H2,1-4H3. The predicted molar refractivity (Wildman–Crippen MR) is 120 cm³/mol. The first-order chi connectivity index (χ1) is 15.4.